The Morgan fingerprint density at radius 3 is 2.56 bits per heavy atom. The minimum atomic E-state index is -1.04. The van der Waals surface area contributed by atoms with E-state index in [0.717, 1.165) is 12.1 Å². The van der Waals surface area contributed by atoms with Gasteiger partial charge in [-0.1, -0.05) is 32.0 Å². The van der Waals surface area contributed by atoms with Gasteiger partial charge in [-0.25, -0.2) is 23.5 Å². The number of carbonyl (C=O) groups is 1. The van der Waals surface area contributed by atoms with E-state index in [-0.39, 0.29) is 28.0 Å². The van der Waals surface area contributed by atoms with Gasteiger partial charge < -0.3 is 14.6 Å². The molecule has 0 unspecified atom stereocenters. The van der Waals surface area contributed by atoms with E-state index in [1.165, 1.54) is 6.33 Å². The van der Waals surface area contributed by atoms with Crippen molar-refractivity contribution in [3.05, 3.63) is 66.2 Å². The molecule has 2 N–H and O–H groups in total. The minimum absolute atomic E-state index is 0.0489. The third kappa shape index (κ3) is 4.64. The summed E-state index contributed by atoms with van der Waals surface area (Å²) in [5.41, 5.74) is 0.384. The number of fused-ring (bicyclic) bond motifs is 1. The van der Waals surface area contributed by atoms with Gasteiger partial charge in [-0.05, 0) is 18.2 Å². The van der Waals surface area contributed by atoms with Crippen molar-refractivity contribution < 1.29 is 22.8 Å². The van der Waals surface area contributed by atoms with Crippen molar-refractivity contribution in [3.63, 3.8) is 0 Å². The molecule has 2 amide bonds. The number of nitrogens with zero attached hydrogens (tertiary/aromatic N) is 3. The topological polar surface area (TPSA) is 102 Å². The fraction of sp³-hybridized carbons (Fsp3) is 0.182. The van der Waals surface area contributed by atoms with Crippen LogP contribution in [-0.4, -0.2) is 21.2 Å². The highest BCUT2D eigenvalue weighted by atomic mass is 19.2. The molecular formula is C22H19F2N5O3. The highest BCUT2D eigenvalue weighted by Crippen LogP contribution is 2.29. The second-order valence-electron chi connectivity index (χ2n) is 8.00. The smallest absolute Gasteiger partial charge is 0.324 e. The Bertz CT molecular complexity index is 1300. The molecular weight excluding hydrogens is 420 g/mol. The number of halogens is 2. The fourth-order valence-corrected chi connectivity index (χ4v) is 2.82. The highest BCUT2D eigenvalue weighted by Gasteiger charge is 2.20. The molecule has 4 rings (SSSR count). The molecule has 0 saturated carbocycles. The van der Waals surface area contributed by atoms with Crippen LogP contribution in [0, 0.1) is 11.6 Å². The van der Waals surface area contributed by atoms with Gasteiger partial charge in [0.05, 0.1) is 10.9 Å². The molecule has 0 spiro atoms. The number of rotatable bonds is 4. The number of aromatic nitrogens is 3. The van der Waals surface area contributed by atoms with Gasteiger partial charge in [0, 0.05) is 29.3 Å². The Hall–Kier alpha value is -4.08. The number of hydrogen-bond donors (Lipinski definition) is 2. The summed E-state index contributed by atoms with van der Waals surface area (Å²) in [7, 11) is 0. The monoisotopic (exact) mass is 439 g/mol. The van der Waals surface area contributed by atoms with Crippen LogP contribution in [0.4, 0.5) is 25.1 Å². The first-order chi connectivity index (χ1) is 15.2. The van der Waals surface area contributed by atoms with E-state index in [2.05, 4.69) is 25.8 Å². The molecule has 2 aromatic carbocycles. The average molecular weight is 439 g/mol. The third-order valence-electron chi connectivity index (χ3n) is 4.44. The van der Waals surface area contributed by atoms with Crippen LogP contribution < -0.4 is 15.4 Å². The Balaban J connectivity index is 1.48. The maximum Gasteiger partial charge on any atom is 0.324 e. The maximum absolute atomic E-state index is 13.7. The summed E-state index contributed by atoms with van der Waals surface area (Å²) in [6, 6.07) is 9.56. The summed E-state index contributed by atoms with van der Waals surface area (Å²) in [5, 5.41) is 9.31. The lowest BCUT2D eigenvalue weighted by Crippen LogP contribution is -2.19. The van der Waals surface area contributed by atoms with E-state index in [1.54, 1.807) is 30.3 Å². The van der Waals surface area contributed by atoms with Crippen LogP contribution in [-0.2, 0) is 5.41 Å². The normalized spacial score (nSPS) is 11.4. The van der Waals surface area contributed by atoms with Crippen LogP contribution in [0.1, 0.15) is 26.5 Å². The number of ether oxygens (including phenoxy) is 1. The number of anilines is 2. The molecule has 164 valence electrons. The first-order valence-electron chi connectivity index (χ1n) is 9.62. The van der Waals surface area contributed by atoms with Crippen molar-refractivity contribution in [1.29, 1.82) is 0 Å². The molecule has 0 atom stereocenters. The summed E-state index contributed by atoms with van der Waals surface area (Å²) in [4.78, 5) is 20.2. The molecule has 2 aromatic heterocycles. The number of urea groups is 1. The molecule has 0 bridgehead atoms. The molecule has 10 heteroatoms. The molecule has 8 nitrogen and oxygen atoms in total. The van der Waals surface area contributed by atoms with Crippen LogP contribution in [0.25, 0.3) is 10.9 Å². The maximum atomic E-state index is 13.7. The van der Waals surface area contributed by atoms with Crippen LogP contribution in [0.3, 0.4) is 0 Å². The van der Waals surface area contributed by atoms with Crippen molar-refractivity contribution >= 4 is 28.4 Å². The summed E-state index contributed by atoms with van der Waals surface area (Å²) in [6.45, 7) is 5.90. The molecule has 2 heterocycles. The van der Waals surface area contributed by atoms with Gasteiger partial charge in [0.15, 0.2) is 17.5 Å². The zero-order valence-electron chi connectivity index (χ0n) is 17.4. The zero-order valence-corrected chi connectivity index (χ0v) is 17.4. The second-order valence-corrected chi connectivity index (χ2v) is 8.00. The van der Waals surface area contributed by atoms with Gasteiger partial charge in [-0.3, -0.25) is 5.32 Å². The minimum Gasteiger partial charge on any atom is -0.438 e. The lowest BCUT2D eigenvalue weighted by atomic mass is 9.93. The summed E-state index contributed by atoms with van der Waals surface area (Å²) >= 11 is 0. The number of hydrogen-bond acceptors (Lipinski definition) is 6. The van der Waals surface area contributed by atoms with Crippen molar-refractivity contribution in [2.45, 2.75) is 26.2 Å². The largest absolute Gasteiger partial charge is 0.438 e. The lowest BCUT2D eigenvalue weighted by Gasteiger charge is -2.12. The van der Waals surface area contributed by atoms with E-state index in [0.29, 0.717) is 17.2 Å². The Kier molecular flexibility index (Phi) is 5.43. The van der Waals surface area contributed by atoms with Crippen molar-refractivity contribution in [2.24, 2.45) is 0 Å². The number of carbonyl (C=O) groups excluding carboxylic acids is 1. The van der Waals surface area contributed by atoms with Crippen LogP contribution >= 0.6 is 0 Å². The predicted octanol–water partition coefficient (Wildman–Crippen LogP) is 5.63. The van der Waals surface area contributed by atoms with E-state index < -0.39 is 17.7 Å². The molecule has 0 aliphatic rings. The Morgan fingerprint density at radius 1 is 1.03 bits per heavy atom. The van der Waals surface area contributed by atoms with Gasteiger partial charge in [0.2, 0.25) is 5.88 Å². The van der Waals surface area contributed by atoms with Gasteiger partial charge in [0.1, 0.15) is 17.8 Å². The van der Waals surface area contributed by atoms with Gasteiger partial charge >= 0.3 is 6.03 Å². The molecule has 4 aromatic rings. The van der Waals surface area contributed by atoms with Gasteiger partial charge in [-0.2, -0.15) is 0 Å². The van der Waals surface area contributed by atoms with Crippen LogP contribution in [0.5, 0.6) is 11.6 Å². The first kappa shape index (κ1) is 21.2. The Labute approximate surface area is 181 Å². The fourth-order valence-electron chi connectivity index (χ4n) is 2.82. The van der Waals surface area contributed by atoms with Crippen molar-refractivity contribution in [3.8, 4) is 11.6 Å². The summed E-state index contributed by atoms with van der Waals surface area (Å²) in [6.07, 6.45) is 1.19. The van der Waals surface area contributed by atoms with Gasteiger partial charge in [0.25, 0.3) is 0 Å². The van der Waals surface area contributed by atoms with Crippen LogP contribution in [0.2, 0.25) is 0 Å². The highest BCUT2D eigenvalue weighted by molar-refractivity contribution is 5.99. The quantitative estimate of drug-likeness (QED) is 0.427. The number of nitrogens with one attached hydrogen (secondary N) is 2. The molecule has 0 radical (unpaired) electrons. The Morgan fingerprint density at radius 2 is 1.81 bits per heavy atom. The van der Waals surface area contributed by atoms with Gasteiger partial charge in [-0.15, -0.1) is 0 Å². The van der Waals surface area contributed by atoms with E-state index in [1.807, 2.05) is 20.8 Å². The second kappa shape index (κ2) is 8.22. The van der Waals surface area contributed by atoms with E-state index in [9.17, 15) is 13.6 Å². The molecule has 32 heavy (non-hydrogen) atoms. The number of benzene rings is 2. The van der Waals surface area contributed by atoms with Crippen molar-refractivity contribution in [2.75, 3.05) is 10.6 Å². The number of amides is 2. The standard InChI is InChI=1S/C22H19F2N5O3/c1-22(2,3)18-10-19(29-32-18)28-21(30)27-12-5-4-6-13(7-12)31-20-14-8-15(23)16(24)9-17(14)25-11-26-20/h4-11H,1-3H3,(H2,27,28,29,30). The van der Waals surface area contributed by atoms with E-state index >= 15 is 0 Å². The first-order valence-corrected chi connectivity index (χ1v) is 9.62. The average Bonchev–Trinajstić information content (AvgIpc) is 3.18. The van der Waals surface area contributed by atoms with E-state index in [4.69, 9.17) is 9.26 Å². The molecule has 0 aliphatic heterocycles. The summed E-state index contributed by atoms with van der Waals surface area (Å²) in [5.74, 6) is -0.761. The summed E-state index contributed by atoms with van der Waals surface area (Å²) < 4.78 is 38.1. The van der Waals surface area contributed by atoms with Crippen molar-refractivity contribution in [1.82, 2.24) is 15.1 Å². The molecule has 0 saturated heterocycles. The SMILES string of the molecule is CC(C)(C)c1cc(NC(=O)Nc2cccc(Oc3ncnc4cc(F)c(F)cc34)c2)no1. The lowest BCUT2D eigenvalue weighted by molar-refractivity contribution is 0.262. The van der Waals surface area contributed by atoms with Crippen LogP contribution in [0.15, 0.2) is 53.3 Å². The predicted molar refractivity (Wildman–Crippen MR) is 114 cm³/mol. The zero-order chi connectivity index (χ0) is 22.9. The third-order valence-corrected chi connectivity index (χ3v) is 4.44. The molecule has 0 fully saturated rings. The molecule has 0 aliphatic carbocycles.